The summed E-state index contributed by atoms with van der Waals surface area (Å²) in [5.41, 5.74) is 2.50. The predicted octanol–water partition coefficient (Wildman–Crippen LogP) is 5.80. The van der Waals surface area contributed by atoms with Crippen LogP contribution in [0.4, 0.5) is 4.39 Å². The minimum atomic E-state index is -0.306. The molecule has 2 heterocycles. The van der Waals surface area contributed by atoms with Crippen molar-refractivity contribution in [2.45, 2.75) is 0 Å². The quantitative estimate of drug-likeness (QED) is 0.414. The van der Waals surface area contributed by atoms with Crippen molar-refractivity contribution in [1.29, 1.82) is 0 Å². The van der Waals surface area contributed by atoms with Crippen molar-refractivity contribution in [3.63, 3.8) is 0 Å². The van der Waals surface area contributed by atoms with Crippen molar-refractivity contribution in [3.8, 4) is 5.69 Å². The minimum Gasteiger partial charge on any atom is -0.330 e. The molecule has 6 heteroatoms. The normalized spacial score (nSPS) is 11.5. The lowest BCUT2D eigenvalue weighted by Crippen LogP contribution is -1.93. The van der Waals surface area contributed by atoms with Gasteiger partial charge >= 0.3 is 0 Å². The molecular weight excluding hydrogens is 371 g/mol. The lowest BCUT2D eigenvalue weighted by atomic mass is 10.2. The van der Waals surface area contributed by atoms with Crippen LogP contribution >= 0.6 is 39.5 Å². The minimum absolute atomic E-state index is 0.306. The molecule has 0 aliphatic carbocycles. The van der Waals surface area contributed by atoms with Gasteiger partial charge in [0.2, 0.25) is 0 Å². The Morgan fingerprint density at radius 2 is 2.05 bits per heavy atom. The van der Waals surface area contributed by atoms with Crippen LogP contribution < -0.4 is 0 Å². The van der Waals surface area contributed by atoms with Crippen LogP contribution in [0.25, 0.3) is 26.8 Å². The Hall–Kier alpha value is -1.50. The van der Waals surface area contributed by atoms with Crippen LogP contribution in [-0.4, -0.2) is 9.55 Å². The van der Waals surface area contributed by atoms with Gasteiger partial charge in [-0.15, -0.1) is 11.3 Å². The van der Waals surface area contributed by atoms with Crippen LogP contribution in [0.5, 0.6) is 0 Å². The third-order valence-corrected chi connectivity index (χ3v) is 5.21. The fourth-order valence-corrected chi connectivity index (χ4v) is 3.87. The molecule has 4 rings (SSSR count). The predicted molar refractivity (Wildman–Crippen MR) is 91.5 cm³/mol. The number of hydrogen-bond acceptors (Lipinski definition) is 2. The number of rotatable bonds is 1. The van der Waals surface area contributed by atoms with Crippen molar-refractivity contribution in [3.05, 3.63) is 56.8 Å². The van der Waals surface area contributed by atoms with E-state index in [4.69, 9.17) is 12.2 Å². The number of imidazole rings is 1. The first kappa shape index (κ1) is 13.2. The zero-order valence-electron chi connectivity index (χ0n) is 10.6. The molecule has 0 aliphatic heterocycles. The summed E-state index contributed by atoms with van der Waals surface area (Å²) in [7, 11) is 0. The highest BCUT2D eigenvalue weighted by Crippen LogP contribution is 2.28. The second-order valence-corrected chi connectivity index (χ2v) is 6.88. The fourth-order valence-electron chi connectivity index (χ4n) is 2.45. The van der Waals surface area contributed by atoms with E-state index in [-0.39, 0.29) is 5.82 Å². The highest BCUT2D eigenvalue weighted by Gasteiger charge is 2.10. The Kier molecular flexibility index (Phi) is 2.99. The third-order valence-electron chi connectivity index (χ3n) is 3.42. The molecule has 2 nitrogen and oxygen atoms in total. The number of thiophene rings is 1. The molecule has 0 radical (unpaired) electrons. The van der Waals surface area contributed by atoms with E-state index in [1.54, 1.807) is 17.4 Å². The van der Waals surface area contributed by atoms with Crippen molar-refractivity contribution in [2.75, 3.05) is 0 Å². The van der Waals surface area contributed by atoms with Gasteiger partial charge in [0.25, 0.3) is 0 Å². The molecule has 0 bridgehead atoms. The Bertz CT molecular complexity index is 1040. The van der Waals surface area contributed by atoms with Gasteiger partial charge in [-0.25, -0.2) is 4.39 Å². The Morgan fingerprint density at radius 3 is 2.90 bits per heavy atom. The first-order valence-corrected chi connectivity index (χ1v) is 8.29. The van der Waals surface area contributed by atoms with Crippen LogP contribution in [0.15, 0.2) is 46.3 Å². The maximum absolute atomic E-state index is 13.6. The van der Waals surface area contributed by atoms with Crippen molar-refractivity contribution in [2.24, 2.45) is 0 Å². The first-order valence-electron chi connectivity index (χ1n) is 6.21. The van der Waals surface area contributed by atoms with Gasteiger partial charge in [-0.05, 0) is 69.2 Å². The van der Waals surface area contributed by atoms with E-state index in [2.05, 4.69) is 44.5 Å². The number of aromatic amines is 1. The first-order chi connectivity index (χ1) is 10.1. The van der Waals surface area contributed by atoms with E-state index in [0.717, 1.165) is 11.2 Å². The molecule has 104 valence electrons. The molecule has 0 amide bonds. The van der Waals surface area contributed by atoms with Gasteiger partial charge in [0.15, 0.2) is 4.77 Å². The molecule has 0 saturated carbocycles. The van der Waals surface area contributed by atoms with Crippen LogP contribution in [0.1, 0.15) is 0 Å². The maximum Gasteiger partial charge on any atom is 0.182 e. The highest BCUT2D eigenvalue weighted by molar-refractivity contribution is 9.10. The molecule has 1 N–H and O–H groups in total. The van der Waals surface area contributed by atoms with Gasteiger partial charge in [0.05, 0.1) is 15.5 Å². The zero-order chi connectivity index (χ0) is 14.6. The molecule has 0 spiro atoms. The molecule has 0 fully saturated rings. The van der Waals surface area contributed by atoms with Crippen LogP contribution in [-0.2, 0) is 0 Å². The SMILES string of the molecule is Fc1cc2[nH]c(=S)n(-c3ccc4sccc4c3)c2cc1Br. The van der Waals surface area contributed by atoms with Gasteiger partial charge < -0.3 is 4.98 Å². The average molecular weight is 379 g/mol. The van der Waals surface area contributed by atoms with E-state index < -0.39 is 0 Å². The summed E-state index contributed by atoms with van der Waals surface area (Å²) in [5.74, 6) is -0.306. The standard InChI is InChI=1S/C15H8BrFN2S2/c16-10-6-13-12(7-11(10)17)18-15(20)19(13)9-1-2-14-8(5-9)3-4-21-14/h1-7H,(H,18,20). The number of H-pyrrole nitrogens is 1. The van der Waals surface area contributed by atoms with E-state index in [1.807, 2.05) is 10.6 Å². The van der Waals surface area contributed by atoms with Crippen molar-refractivity contribution >= 4 is 60.6 Å². The number of nitrogens with one attached hydrogen (secondary N) is 1. The highest BCUT2D eigenvalue weighted by atomic mass is 79.9. The number of halogens is 2. The monoisotopic (exact) mass is 378 g/mol. The Morgan fingerprint density at radius 1 is 1.19 bits per heavy atom. The van der Waals surface area contributed by atoms with Gasteiger partial charge in [0, 0.05) is 16.5 Å². The lowest BCUT2D eigenvalue weighted by Gasteiger charge is -2.05. The summed E-state index contributed by atoms with van der Waals surface area (Å²) in [6.45, 7) is 0. The summed E-state index contributed by atoms with van der Waals surface area (Å²) < 4.78 is 17.8. The second-order valence-electron chi connectivity index (χ2n) is 4.69. The van der Waals surface area contributed by atoms with E-state index >= 15 is 0 Å². The maximum atomic E-state index is 13.6. The van der Waals surface area contributed by atoms with Gasteiger partial charge in [-0.1, -0.05) is 0 Å². The van der Waals surface area contributed by atoms with Crippen molar-refractivity contribution < 1.29 is 4.39 Å². The lowest BCUT2D eigenvalue weighted by molar-refractivity contribution is 0.623. The molecule has 4 aromatic rings. The fraction of sp³-hybridized carbons (Fsp3) is 0. The van der Waals surface area contributed by atoms with Crippen molar-refractivity contribution in [1.82, 2.24) is 9.55 Å². The largest absolute Gasteiger partial charge is 0.330 e. The molecule has 0 aliphatic rings. The molecular formula is C15H8BrFN2S2. The smallest absolute Gasteiger partial charge is 0.182 e. The molecule has 2 aromatic carbocycles. The average Bonchev–Trinajstić information content (AvgIpc) is 3.02. The van der Waals surface area contributed by atoms with Crippen LogP contribution in [0.2, 0.25) is 0 Å². The van der Waals surface area contributed by atoms with Gasteiger partial charge in [-0.2, -0.15) is 0 Å². The van der Waals surface area contributed by atoms with Crippen LogP contribution in [0.3, 0.4) is 0 Å². The molecule has 2 aromatic heterocycles. The topological polar surface area (TPSA) is 20.7 Å². The molecule has 0 unspecified atom stereocenters. The number of benzene rings is 2. The number of fused-ring (bicyclic) bond motifs is 2. The summed E-state index contributed by atoms with van der Waals surface area (Å²) >= 11 is 10.3. The molecule has 0 atom stereocenters. The molecule has 0 saturated heterocycles. The summed E-state index contributed by atoms with van der Waals surface area (Å²) in [5, 5.41) is 3.24. The number of nitrogens with zero attached hydrogens (tertiary/aromatic N) is 1. The van der Waals surface area contributed by atoms with E-state index in [0.29, 0.717) is 14.8 Å². The number of hydrogen-bond donors (Lipinski definition) is 1. The Balaban J connectivity index is 2.06. The Labute approximate surface area is 137 Å². The van der Waals surface area contributed by atoms with E-state index in [1.165, 1.54) is 16.2 Å². The third kappa shape index (κ3) is 2.06. The second kappa shape index (κ2) is 4.76. The summed E-state index contributed by atoms with van der Waals surface area (Å²) in [4.78, 5) is 3.06. The summed E-state index contributed by atoms with van der Waals surface area (Å²) in [6, 6.07) is 11.5. The van der Waals surface area contributed by atoms with Gasteiger partial charge in [-0.3, -0.25) is 4.57 Å². The van der Waals surface area contributed by atoms with E-state index in [9.17, 15) is 4.39 Å². The molecule has 21 heavy (non-hydrogen) atoms. The van der Waals surface area contributed by atoms with Crippen LogP contribution in [0, 0.1) is 10.6 Å². The zero-order valence-corrected chi connectivity index (χ0v) is 13.8. The summed E-state index contributed by atoms with van der Waals surface area (Å²) in [6.07, 6.45) is 0. The number of aromatic nitrogens is 2. The van der Waals surface area contributed by atoms with Gasteiger partial charge in [0.1, 0.15) is 5.82 Å².